The molecule has 492 valence electrons. The second-order valence-electron chi connectivity index (χ2n) is 24.1. The van der Waals surface area contributed by atoms with Crippen molar-refractivity contribution in [2.75, 3.05) is 39.6 Å². The van der Waals surface area contributed by atoms with Gasteiger partial charge in [0.25, 0.3) is 0 Å². The van der Waals surface area contributed by atoms with Gasteiger partial charge in [-0.15, -0.1) is 0 Å². The third kappa shape index (κ3) is 58.8. The van der Waals surface area contributed by atoms with Crippen molar-refractivity contribution in [3.63, 3.8) is 0 Å². The van der Waals surface area contributed by atoms with Crippen LogP contribution in [0.25, 0.3) is 0 Å². The number of carbonyl (C=O) groups is 4. The largest absolute Gasteiger partial charge is 0.472 e. The van der Waals surface area contributed by atoms with E-state index in [4.69, 9.17) is 37.0 Å². The van der Waals surface area contributed by atoms with Crippen molar-refractivity contribution in [3.8, 4) is 0 Å². The Kier molecular flexibility index (Phi) is 55.2. The first-order valence-electron chi connectivity index (χ1n) is 33.5. The summed E-state index contributed by atoms with van der Waals surface area (Å²) in [4.78, 5) is 72.1. The third-order valence-corrected chi connectivity index (χ3v) is 16.6. The summed E-state index contributed by atoms with van der Waals surface area (Å²) in [6.45, 7) is 9.37. The Morgan fingerprint density at radius 2 is 0.554 bits per heavy atom. The van der Waals surface area contributed by atoms with Crippen LogP contribution < -0.4 is 0 Å². The van der Waals surface area contributed by atoms with E-state index >= 15 is 0 Å². The van der Waals surface area contributed by atoms with Crippen molar-refractivity contribution < 1.29 is 80.2 Å². The van der Waals surface area contributed by atoms with Crippen LogP contribution >= 0.6 is 15.6 Å². The van der Waals surface area contributed by atoms with Gasteiger partial charge < -0.3 is 33.8 Å². The summed E-state index contributed by atoms with van der Waals surface area (Å²) in [5.74, 6) is -0.717. The zero-order valence-corrected chi connectivity index (χ0v) is 55.3. The van der Waals surface area contributed by atoms with E-state index in [2.05, 4.69) is 41.5 Å². The van der Waals surface area contributed by atoms with Crippen LogP contribution in [0.5, 0.6) is 0 Å². The van der Waals surface area contributed by atoms with Gasteiger partial charge in [0.1, 0.15) is 19.3 Å². The van der Waals surface area contributed by atoms with E-state index < -0.39 is 97.5 Å². The Morgan fingerprint density at radius 1 is 0.325 bits per heavy atom. The summed E-state index contributed by atoms with van der Waals surface area (Å²) in [5, 5.41) is 10.5. The van der Waals surface area contributed by atoms with Crippen LogP contribution in [0.15, 0.2) is 0 Å². The molecule has 0 saturated carbocycles. The molecule has 0 saturated heterocycles. The molecule has 0 radical (unpaired) electrons. The molecule has 0 fully saturated rings. The smallest absolute Gasteiger partial charge is 0.462 e. The van der Waals surface area contributed by atoms with Gasteiger partial charge in [-0.05, 0) is 37.5 Å². The Bertz CT molecular complexity index is 1630. The molecule has 0 amide bonds. The van der Waals surface area contributed by atoms with Gasteiger partial charge in [-0.1, -0.05) is 266 Å². The summed E-state index contributed by atoms with van der Waals surface area (Å²) in [6.07, 6.45) is 39.1. The molecule has 0 aromatic carbocycles. The molecule has 2 unspecified atom stereocenters. The van der Waals surface area contributed by atoms with E-state index in [1.165, 1.54) is 128 Å². The molecular formula is C64H124O17P2. The van der Waals surface area contributed by atoms with Gasteiger partial charge in [0.05, 0.1) is 26.4 Å². The molecule has 0 aliphatic rings. The Hall–Kier alpha value is -1.94. The topological polar surface area (TPSA) is 237 Å². The SMILES string of the molecule is CCCCCCCCCCCCCCCC(=O)OC[C@H](COP(=O)(O)OC[C@@H](O)COP(=O)(O)OC[C@@H](COC(=O)CCCCCCCCCC)OC(=O)CCCCCCCCC(C)C)OC(=O)CCCCCCCCCCCCC(C)C. The molecule has 0 aliphatic carbocycles. The molecule has 0 heterocycles. The van der Waals surface area contributed by atoms with Crippen LogP contribution in [0.1, 0.15) is 318 Å². The molecule has 17 nitrogen and oxygen atoms in total. The first kappa shape index (κ1) is 81.1. The van der Waals surface area contributed by atoms with E-state index in [0.29, 0.717) is 31.6 Å². The molecule has 19 heteroatoms. The zero-order valence-electron chi connectivity index (χ0n) is 53.5. The van der Waals surface area contributed by atoms with Gasteiger partial charge in [-0.2, -0.15) is 0 Å². The van der Waals surface area contributed by atoms with Gasteiger partial charge in [0, 0.05) is 25.7 Å². The molecule has 83 heavy (non-hydrogen) atoms. The number of ether oxygens (including phenoxy) is 4. The quantitative estimate of drug-likeness (QED) is 0.0222. The van der Waals surface area contributed by atoms with E-state index in [1.807, 2.05) is 0 Å². The van der Waals surface area contributed by atoms with Gasteiger partial charge in [-0.25, -0.2) is 9.13 Å². The van der Waals surface area contributed by atoms with E-state index in [9.17, 15) is 43.2 Å². The highest BCUT2D eigenvalue weighted by atomic mass is 31.2. The van der Waals surface area contributed by atoms with Crippen LogP contribution in [-0.2, 0) is 65.4 Å². The van der Waals surface area contributed by atoms with Gasteiger partial charge in [0.2, 0.25) is 0 Å². The van der Waals surface area contributed by atoms with E-state index in [0.717, 1.165) is 102 Å². The first-order chi connectivity index (χ1) is 39.9. The predicted octanol–water partition coefficient (Wildman–Crippen LogP) is 17.7. The minimum absolute atomic E-state index is 0.102. The van der Waals surface area contributed by atoms with E-state index in [1.54, 1.807) is 0 Å². The Balaban J connectivity index is 5.22. The number of phosphoric ester groups is 2. The average molecular weight is 1230 g/mol. The lowest BCUT2D eigenvalue weighted by Crippen LogP contribution is -2.30. The number of aliphatic hydroxyl groups excluding tert-OH is 1. The monoisotopic (exact) mass is 1230 g/mol. The summed E-state index contributed by atoms with van der Waals surface area (Å²) >= 11 is 0. The minimum Gasteiger partial charge on any atom is -0.462 e. The van der Waals surface area contributed by atoms with Gasteiger partial charge >= 0.3 is 39.5 Å². The summed E-state index contributed by atoms with van der Waals surface area (Å²) in [5.41, 5.74) is 0. The molecule has 0 rings (SSSR count). The Labute approximate surface area is 505 Å². The van der Waals surface area contributed by atoms with Gasteiger partial charge in [-0.3, -0.25) is 37.3 Å². The molecule has 0 bridgehead atoms. The number of carbonyl (C=O) groups excluding carboxylic acids is 4. The molecule has 0 aromatic heterocycles. The van der Waals surface area contributed by atoms with Crippen LogP contribution in [0, 0.1) is 11.8 Å². The van der Waals surface area contributed by atoms with Crippen molar-refractivity contribution in [2.45, 2.75) is 336 Å². The predicted molar refractivity (Wildman–Crippen MR) is 331 cm³/mol. The van der Waals surface area contributed by atoms with E-state index in [-0.39, 0.29) is 25.7 Å². The lowest BCUT2D eigenvalue weighted by atomic mass is 10.0. The molecular weight excluding hydrogens is 1100 g/mol. The molecule has 5 atom stereocenters. The second-order valence-corrected chi connectivity index (χ2v) is 27.0. The number of rotatable bonds is 63. The van der Waals surface area contributed by atoms with Crippen molar-refractivity contribution >= 4 is 39.5 Å². The van der Waals surface area contributed by atoms with Crippen molar-refractivity contribution in [2.24, 2.45) is 11.8 Å². The maximum atomic E-state index is 13.0. The first-order valence-corrected chi connectivity index (χ1v) is 36.5. The molecule has 0 aliphatic heterocycles. The molecule has 3 N–H and O–H groups in total. The third-order valence-electron chi connectivity index (χ3n) is 14.7. The minimum atomic E-state index is -4.94. The summed E-state index contributed by atoms with van der Waals surface area (Å²) in [7, 11) is -9.88. The fourth-order valence-electron chi connectivity index (χ4n) is 9.53. The van der Waals surface area contributed by atoms with Crippen LogP contribution in [-0.4, -0.2) is 96.7 Å². The fraction of sp³-hybridized carbons (Fsp3) is 0.938. The van der Waals surface area contributed by atoms with Crippen LogP contribution in [0.2, 0.25) is 0 Å². The number of hydrogen-bond acceptors (Lipinski definition) is 15. The lowest BCUT2D eigenvalue weighted by molar-refractivity contribution is -0.161. The van der Waals surface area contributed by atoms with Crippen molar-refractivity contribution in [1.82, 2.24) is 0 Å². The molecule has 0 aromatic rings. The number of unbranched alkanes of at least 4 members (excludes halogenated alkanes) is 33. The molecule has 0 spiro atoms. The van der Waals surface area contributed by atoms with Crippen LogP contribution in [0.3, 0.4) is 0 Å². The number of hydrogen-bond donors (Lipinski definition) is 3. The summed E-state index contributed by atoms with van der Waals surface area (Å²) in [6, 6.07) is 0. The van der Waals surface area contributed by atoms with Crippen LogP contribution in [0.4, 0.5) is 0 Å². The average Bonchev–Trinajstić information content (AvgIpc) is 3.45. The van der Waals surface area contributed by atoms with Crippen molar-refractivity contribution in [3.05, 3.63) is 0 Å². The highest BCUT2D eigenvalue weighted by Gasteiger charge is 2.30. The highest BCUT2D eigenvalue weighted by molar-refractivity contribution is 7.47. The number of phosphoric acid groups is 2. The zero-order chi connectivity index (χ0) is 61.5. The second kappa shape index (κ2) is 56.6. The maximum Gasteiger partial charge on any atom is 0.472 e. The standard InChI is InChI=1S/C64H124O17P2/c1-7-9-11-13-15-17-18-19-20-24-28-35-41-47-62(67)75-52-59(80-63(68)48-42-36-29-25-22-21-23-26-32-38-44-56(3)4)54-78-82(70,71)76-50-58(65)51-77-83(72,73)79-55-60(53-74-61(66)46-40-34-27-16-14-12-10-8-2)81-64(69)49-43-37-31-30-33-39-45-57(5)6/h56-60,65H,7-55H2,1-6H3,(H,70,71)(H,72,73)/t58-,59-,60-/m1/s1. The number of aliphatic hydroxyl groups is 1. The normalized spacial score (nSPS) is 14.3. The highest BCUT2D eigenvalue weighted by Crippen LogP contribution is 2.45. The van der Waals surface area contributed by atoms with Gasteiger partial charge in [0.15, 0.2) is 12.2 Å². The summed E-state index contributed by atoms with van der Waals surface area (Å²) < 4.78 is 67.9. The lowest BCUT2D eigenvalue weighted by Gasteiger charge is -2.21. The maximum absolute atomic E-state index is 13.0. The fourth-order valence-corrected chi connectivity index (χ4v) is 11.1. The Morgan fingerprint density at radius 3 is 0.819 bits per heavy atom. The number of esters is 4. The van der Waals surface area contributed by atoms with Crippen molar-refractivity contribution in [1.29, 1.82) is 0 Å².